The Morgan fingerprint density at radius 3 is 2.43 bits per heavy atom. The molecule has 0 spiro atoms. The number of benzene rings is 1. The fraction of sp³-hybridized carbons (Fsp3) is 0.385. The molecule has 0 aliphatic rings. The molecule has 0 atom stereocenters. The van der Waals surface area contributed by atoms with Crippen LogP contribution in [-0.2, 0) is 6.18 Å². The molecule has 0 unspecified atom stereocenters. The van der Waals surface area contributed by atoms with Gasteiger partial charge in [-0.2, -0.15) is 18.2 Å². The van der Waals surface area contributed by atoms with Crippen molar-refractivity contribution in [2.45, 2.75) is 32.5 Å². The first-order chi connectivity index (χ1) is 9.58. The van der Waals surface area contributed by atoms with Crippen molar-refractivity contribution in [2.24, 2.45) is 0 Å². The zero-order chi connectivity index (χ0) is 15.8. The summed E-state index contributed by atoms with van der Waals surface area (Å²) in [6.45, 7) is 5.09. The van der Waals surface area contributed by atoms with Crippen LogP contribution in [0.15, 0.2) is 16.7 Å². The Hall–Kier alpha value is -2.12. The van der Waals surface area contributed by atoms with Gasteiger partial charge in [-0.1, -0.05) is 5.16 Å². The molecule has 8 heteroatoms. The highest BCUT2D eigenvalue weighted by Crippen LogP contribution is 2.32. The standard InChI is InChI=1S/C13H11F4N2O2/c1-12(2,3)20-8-6-4-5-7(9(8)14)10-18-11(21-19-10)13(15,16)17/h4-5H,1-3H3. The van der Waals surface area contributed by atoms with Crippen LogP contribution >= 0.6 is 0 Å². The molecule has 1 heterocycles. The van der Waals surface area contributed by atoms with E-state index in [1.54, 1.807) is 20.8 Å². The van der Waals surface area contributed by atoms with Crippen LogP contribution in [0, 0.1) is 11.9 Å². The summed E-state index contributed by atoms with van der Waals surface area (Å²) >= 11 is 0. The van der Waals surface area contributed by atoms with Gasteiger partial charge in [0.05, 0.1) is 5.56 Å². The third-order valence-corrected chi connectivity index (χ3v) is 2.22. The average Bonchev–Trinajstić information content (AvgIpc) is 2.79. The molecule has 113 valence electrons. The zero-order valence-electron chi connectivity index (χ0n) is 11.4. The van der Waals surface area contributed by atoms with Crippen LogP contribution in [-0.4, -0.2) is 15.7 Å². The van der Waals surface area contributed by atoms with E-state index in [0.717, 1.165) is 0 Å². The topological polar surface area (TPSA) is 48.2 Å². The normalized spacial score (nSPS) is 12.5. The summed E-state index contributed by atoms with van der Waals surface area (Å²) in [6, 6.07) is 5.03. The minimum atomic E-state index is -4.78. The van der Waals surface area contributed by atoms with Crippen LogP contribution in [0.5, 0.6) is 5.75 Å². The molecule has 0 saturated heterocycles. The van der Waals surface area contributed by atoms with Crippen molar-refractivity contribution in [2.75, 3.05) is 0 Å². The third-order valence-electron chi connectivity index (χ3n) is 2.22. The van der Waals surface area contributed by atoms with E-state index in [4.69, 9.17) is 4.74 Å². The second kappa shape index (κ2) is 5.01. The molecule has 1 radical (unpaired) electrons. The van der Waals surface area contributed by atoms with E-state index in [-0.39, 0.29) is 11.3 Å². The van der Waals surface area contributed by atoms with E-state index in [9.17, 15) is 17.6 Å². The lowest BCUT2D eigenvalue weighted by atomic mass is 10.1. The SMILES string of the molecule is CC(C)(C)Oc1[c]ccc(-c2noc(C(F)(F)F)n2)c1F. The fourth-order valence-electron chi connectivity index (χ4n) is 1.46. The number of aromatic nitrogens is 2. The van der Waals surface area contributed by atoms with Gasteiger partial charge < -0.3 is 9.26 Å². The first-order valence-electron chi connectivity index (χ1n) is 5.88. The lowest BCUT2D eigenvalue weighted by Crippen LogP contribution is -2.23. The zero-order valence-corrected chi connectivity index (χ0v) is 11.4. The summed E-state index contributed by atoms with van der Waals surface area (Å²) in [7, 11) is 0. The third kappa shape index (κ3) is 3.50. The van der Waals surface area contributed by atoms with Crippen molar-refractivity contribution >= 4 is 0 Å². The summed E-state index contributed by atoms with van der Waals surface area (Å²) < 4.78 is 60.8. The number of rotatable bonds is 2. The van der Waals surface area contributed by atoms with E-state index in [2.05, 4.69) is 20.7 Å². The van der Waals surface area contributed by atoms with Crippen LogP contribution in [0.25, 0.3) is 11.4 Å². The Morgan fingerprint density at radius 1 is 1.24 bits per heavy atom. The minimum absolute atomic E-state index is 0.224. The van der Waals surface area contributed by atoms with Crippen molar-refractivity contribution < 1.29 is 26.8 Å². The largest absolute Gasteiger partial charge is 0.484 e. The molecule has 0 fully saturated rings. The van der Waals surface area contributed by atoms with Crippen molar-refractivity contribution in [3.63, 3.8) is 0 Å². The smallest absolute Gasteiger partial charge is 0.471 e. The number of halogens is 4. The summed E-state index contributed by atoms with van der Waals surface area (Å²) in [5.41, 5.74) is -0.947. The van der Waals surface area contributed by atoms with Gasteiger partial charge in [0.1, 0.15) is 5.60 Å². The Bertz CT molecular complexity index is 644. The molecule has 0 N–H and O–H groups in total. The molecular weight excluding hydrogens is 292 g/mol. The van der Waals surface area contributed by atoms with Gasteiger partial charge in [0, 0.05) is 6.07 Å². The van der Waals surface area contributed by atoms with Crippen molar-refractivity contribution in [1.29, 1.82) is 0 Å². The minimum Gasteiger partial charge on any atom is -0.484 e. The Balaban J connectivity index is 2.41. The molecular formula is C13H11F4N2O2. The first kappa shape index (κ1) is 15.3. The van der Waals surface area contributed by atoms with Gasteiger partial charge in [-0.3, -0.25) is 0 Å². The molecule has 2 rings (SSSR count). The van der Waals surface area contributed by atoms with Crippen LogP contribution in [0.3, 0.4) is 0 Å². The predicted octanol–water partition coefficient (Wildman–Crippen LogP) is 3.87. The Kier molecular flexibility index (Phi) is 3.65. The van der Waals surface area contributed by atoms with Gasteiger partial charge in [-0.25, -0.2) is 4.39 Å². The predicted molar refractivity (Wildman–Crippen MR) is 63.9 cm³/mol. The summed E-state index contributed by atoms with van der Waals surface area (Å²) in [4.78, 5) is 3.14. The second-order valence-corrected chi connectivity index (χ2v) is 5.17. The molecule has 21 heavy (non-hydrogen) atoms. The molecule has 1 aromatic heterocycles. The Morgan fingerprint density at radius 2 is 1.90 bits per heavy atom. The van der Waals surface area contributed by atoms with Crippen LogP contribution in [0.1, 0.15) is 26.7 Å². The van der Waals surface area contributed by atoms with E-state index >= 15 is 0 Å². The number of nitrogens with zero attached hydrogens (tertiary/aromatic N) is 2. The lowest BCUT2D eigenvalue weighted by molar-refractivity contribution is -0.159. The van der Waals surface area contributed by atoms with Crippen molar-refractivity contribution in [3.05, 3.63) is 29.9 Å². The number of hydrogen-bond acceptors (Lipinski definition) is 4. The highest BCUT2D eigenvalue weighted by Gasteiger charge is 2.38. The number of hydrogen-bond donors (Lipinski definition) is 0. The van der Waals surface area contributed by atoms with Crippen molar-refractivity contribution in [1.82, 2.24) is 10.1 Å². The van der Waals surface area contributed by atoms with E-state index < -0.39 is 29.3 Å². The molecule has 4 nitrogen and oxygen atoms in total. The summed E-state index contributed by atoms with van der Waals surface area (Å²) in [5.74, 6) is -3.17. The summed E-state index contributed by atoms with van der Waals surface area (Å²) in [5, 5.41) is 3.14. The molecule has 0 saturated carbocycles. The van der Waals surface area contributed by atoms with E-state index in [1.807, 2.05) is 0 Å². The van der Waals surface area contributed by atoms with Crippen LogP contribution < -0.4 is 4.74 Å². The lowest BCUT2D eigenvalue weighted by Gasteiger charge is -2.21. The van der Waals surface area contributed by atoms with Crippen LogP contribution in [0.2, 0.25) is 0 Å². The molecule has 1 aromatic carbocycles. The van der Waals surface area contributed by atoms with Gasteiger partial charge >= 0.3 is 12.1 Å². The van der Waals surface area contributed by atoms with Gasteiger partial charge in [0.15, 0.2) is 11.6 Å². The molecule has 2 aromatic rings. The van der Waals surface area contributed by atoms with Gasteiger partial charge in [0.25, 0.3) is 0 Å². The highest BCUT2D eigenvalue weighted by atomic mass is 19.4. The van der Waals surface area contributed by atoms with Crippen molar-refractivity contribution in [3.8, 4) is 17.1 Å². The van der Waals surface area contributed by atoms with Gasteiger partial charge in [0.2, 0.25) is 5.82 Å². The maximum atomic E-state index is 14.2. The molecule has 0 bridgehead atoms. The van der Waals surface area contributed by atoms with E-state index in [1.165, 1.54) is 12.1 Å². The Labute approximate surface area is 117 Å². The van der Waals surface area contributed by atoms with Gasteiger partial charge in [-0.15, -0.1) is 0 Å². The summed E-state index contributed by atoms with van der Waals surface area (Å²) in [6.07, 6.45) is -4.78. The monoisotopic (exact) mass is 303 g/mol. The first-order valence-corrected chi connectivity index (χ1v) is 5.88. The fourth-order valence-corrected chi connectivity index (χ4v) is 1.46. The molecule has 0 aliphatic heterocycles. The molecule has 0 amide bonds. The number of alkyl halides is 3. The molecule has 0 aliphatic carbocycles. The number of ether oxygens (including phenoxy) is 1. The quantitative estimate of drug-likeness (QED) is 0.790. The second-order valence-electron chi connectivity index (χ2n) is 5.17. The van der Waals surface area contributed by atoms with Gasteiger partial charge in [-0.05, 0) is 32.9 Å². The maximum Gasteiger partial charge on any atom is 0.471 e. The maximum absolute atomic E-state index is 14.2. The van der Waals surface area contributed by atoms with E-state index in [0.29, 0.717) is 0 Å². The average molecular weight is 303 g/mol. The van der Waals surface area contributed by atoms with Crippen LogP contribution in [0.4, 0.5) is 17.6 Å². The highest BCUT2D eigenvalue weighted by molar-refractivity contribution is 5.58.